The van der Waals surface area contributed by atoms with Gasteiger partial charge in [-0.05, 0) is 29.8 Å². The Bertz CT molecular complexity index is 772. The molecule has 2 aromatic rings. The van der Waals surface area contributed by atoms with Crippen molar-refractivity contribution in [2.45, 2.75) is 12.5 Å². The molecule has 142 valence electrons. The van der Waals surface area contributed by atoms with Crippen LogP contribution < -0.4 is 16.4 Å². The highest BCUT2D eigenvalue weighted by atomic mass is 16.6. The van der Waals surface area contributed by atoms with Gasteiger partial charge in [0.1, 0.15) is 6.10 Å². The summed E-state index contributed by atoms with van der Waals surface area (Å²) in [5, 5.41) is 0. The van der Waals surface area contributed by atoms with Crippen LogP contribution >= 0.6 is 0 Å². The van der Waals surface area contributed by atoms with Crippen LogP contribution in [0.2, 0.25) is 0 Å². The molecular formula is C20H24N4O3. The van der Waals surface area contributed by atoms with Crippen molar-refractivity contribution in [3.05, 3.63) is 60.2 Å². The predicted molar refractivity (Wildman–Crippen MR) is 104 cm³/mol. The summed E-state index contributed by atoms with van der Waals surface area (Å²) < 4.78 is 5.17. The molecule has 0 unspecified atom stereocenters. The fraction of sp³-hybridized carbons (Fsp3) is 0.300. The summed E-state index contributed by atoms with van der Waals surface area (Å²) in [4.78, 5) is 28.0. The van der Waals surface area contributed by atoms with E-state index >= 15 is 0 Å². The summed E-state index contributed by atoms with van der Waals surface area (Å²) in [5.41, 5.74) is 13.5. The van der Waals surface area contributed by atoms with Gasteiger partial charge in [0.15, 0.2) is 0 Å². The first-order chi connectivity index (χ1) is 13.0. The maximum absolute atomic E-state index is 12.7. The Morgan fingerprint density at radius 3 is 2.19 bits per heavy atom. The van der Waals surface area contributed by atoms with Gasteiger partial charge < -0.3 is 26.0 Å². The van der Waals surface area contributed by atoms with Gasteiger partial charge in [-0.15, -0.1) is 0 Å². The largest absolute Gasteiger partial charge is 0.441 e. The van der Waals surface area contributed by atoms with E-state index in [9.17, 15) is 9.59 Å². The Balaban J connectivity index is 1.59. The topological polar surface area (TPSA) is 102 Å². The third-order valence-electron chi connectivity index (χ3n) is 4.68. The van der Waals surface area contributed by atoms with Crippen LogP contribution in [0.4, 0.5) is 16.2 Å². The van der Waals surface area contributed by atoms with E-state index in [0.717, 1.165) is 30.0 Å². The minimum Gasteiger partial charge on any atom is -0.441 e. The minimum absolute atomic E-state index is 0.0536. The number of ether oxygens (including phenoxy) is 1. The lowest BCUT2D eigenvalue weighted by atomic mass is 10.1. The molecule has 0 aromatic heterocycles. The number of piperazine rings is 1. The van der Waals surface area contributed by atoms with Crippen LogP contribution in [-0.4, -0.2) is 43.1 Å². The van der Waals surface area contributed by atoms with Crippen LogP contribution in [-0.2, 0) is 9.53 Å². The Kier molecular flexibility index (Phi) is 5.80. The monoisotopic (exact) mass is 368 g/mol. The first-order valence-electron chi connectivity index (χ1n) is 8.92. The third-order valence-corrected chi connectivity index (χ3v) is 4.68. The average Bonchev–Trinajstić information content (AvgIpc) is 2.68. The molecule has 1 aliphatic heterocycles. The van der Waals surface area contributed by atoms with Gasteiger partial charge in [-0.1, -0.05) is 30.3 Å². The molecule has 1 saturated heterocycles. The van der Waals surface area contributed by atoms with Crippen molar-refractivity contribution >= 4 is 23.4 Å². The molecule has 1 fully saturated rings. The van der Waals surface area contributed by atoms with Gasteiger partial charge >= 0.3 is 6.09 Å². The molecule has 0 spiro atoms. The van der Waals surface area contributed by atoms with Crippen LogP contribution in [0.1, 0.15) is 18.1 Å². The Labute approximate surface area is 158 Å². The van der Waals surface area contributed by atoms with Gasteiger partial charge in [0.05, 0.1) is 6.42 Å². The van der Waals surface area contributed by atoms with Gasteiger partial charge in [0.25, 0.3) is 0 Å². The van der Waals surface area contributed by atoms with E-state index in [2.05, 4.69) is 4.90 Å². The van der Waals surface area contributed by atoms with Crippen LogP contribution in [0.25, 0.3) is 0 Å². The Morgan fingerprint density at radius 1 is 0.963 bits per heavy atom. The zero-order valence-electron chi connectivity index (χ0n) is 15.1. The van der Waals surface area contributed by atoms with Gasteiger partial charge in [-0.3, -0.25) is 4.79 Å². The van der Waals surface area contributed by atoms with Crippen LogP contribution in [0.3, 0.4) is 0 Å². The van der Waals surface area contributed by atoms with Crippen LogP contribution in [0, 0.1) is 0 Å². The quantitative estimate of drug-likeness (QED) is 0.787. The van der Waals surface area contributed by atoms with Crippen molar-refractivity contribution in [1.29, 1.82) is 0 Å². The summed E-state index contributed by atoms with van der Waals surface area (Å²) in [7, 11) is 0. The fourth-order valence-electron chi connectivity index (χ4n) is 3.22. The van der Waals surface area contributed by atoms with E-state index in [0.29, 0.717) is 13.1 Å². The van der Waals surface area contributed by atoms with Crippen molar-refractivity contribution in [2.75, 3.05) is 36.8 Å². The molecule has 2 aromatic carbocycles. The number of carbonyl (C=O) groups is 2. The second-order valence-corrected chi connectivity index (χ2v) is 6.50. The summed E-state index contributed by atoms with van der Waals surface area (Å²) in [6.07, 6.45) is -1.48. The molecule has 0 saturated carbocycles. The Morgan fingerprint density at radius 2 is 1.59 bits per heavy atom. The van der Waals surface area contributed by atoms with E-state index in [1.807, 2.05) is 54.6 Å². The van der Waals surface area contributed by atoms with E-state index in [1.165, 1.54) is 0 Å². The zero-order valence-corrected chi connectivity index (χ0v) is 15.1. The van der Waals surface area contributed by atoms with Crippen molar-refractivity contribution in [2.24, 2.45) is 5.73 Å². The predicted octanol–water partition coefficient (Wildman–Crippen LogP) is 2.14. The van der Waals surface area contributed by atoms with Crippen LogP contribution in [0.15, 0.2) is 54.6 Å². The standard InChI is InChI=1S/C20H24N4O3/c21-16-6-8-17(9-7-16)23-10-12-24(13-11-23)19(25)14-18(27-20(22)26)15-4-2-1-3-5-15/h1-9,18H,10-14,21H2,(H2,22,26)/t18-/m1/s1. The number of hydrogen-bond acceptors (Lipinski definition) is 5. The molecule has 3 rings (SSSR count). The molecular weight excluding hydrogens is 344 g/mol. The molecule has 7 nitrogen and oxygen atoms in total. The lowest BCUT2D eigenvalue weighted by Crippen LogP contribution is -2.49. The lowest BCUT2D eigenvalue weighted by Gasteiger charge is -2.36. The highest BCUT2D eigenvalue weighted by Crippen LogP contribution is 2.23. The maximum atomic E-state index is 12.7. The maximum Gasteiger partial charge on any atom is 0.405 e. The zero-order chi connectivity index (χ0) is 19.2. The van der Waals surface area contributed by atoms with Crippen LogP contribution in [0.5, 0.6) is 0 Å². The average molecular weight is 368 g/mol. The second-order valence-electron chi connectivity index (χ2n) is 6.50. The lowest BCUT2D eigenvalue weighted by molar-refractivity contribution is -0.133. The summed E-state index contributed by atoms with van der Waals surface area (Å²) >= 11 is 0. The smallest absolute Gasteiger partial charge is 0.405 e. The third kappa shape index (κ3) is 4.91. The molecule has 1 aliphatic rings. The van der Waals surface area contributed by atoms with E-state index < -0.39 is 12.2 Å². The Hall–Kier alpha value is -3.22. The highest BCUT2D eigenvalue weighted by Gasteiger charge is 2.26. The van der Waals surface area contributed by atoms with E-state index in [1.54, 1.807) is 4.90 Å². The second kappa shape index (κ2) is 8.44. The van der Waals surface area contributed by atoms with Gasteiger partial charge in [-0.25, -0.2) is 4.79 Å². The molecule has 2 amide bonds. The van der Waals surface area contributed by atoms with E-state index in [4.69, 9.17) is 16.2 Å². The fourth-order valence-corrected chi connectivity index (χ4v) is 3.22. The molecule has 4 N–H and O–H groups in total. The number of hydrogen-bond donors (Lipinski definition) is 2. The van der Waals surface area contributed by atoms with Crippen molar-refractivity contribution in [1.82, 2.24) is 4.90 Å². The number of benzene rings is 2. The highest BCUT2D eigenvalue weighted by molar-refractivity contribution is 5.78. The summed E-state index contributed by atoms with van der Waals surface area (Å²) in [6.45, 7) is 2.70. The first-order valence-corrected chi connectivity index (χ1v) is 8.92. The molecule has 0 aliphatic carbocycles. The molecule has 1 heterocycles. The van der Waals surface area contributed by atoms with Gasteiger partial charge in [0, 0.05) is 37.6 Å². The van der Waals surface area contributed by atoms with Crippen molar-refractivity contribution < 1.29 is 14.3 Å². The van der Waals surface area contributed by atoms with Crippen molar-refractivity contribution in [3.63, 3.8) is 0 Å². The number of anilines is 2. The number of carbonyl (C=O) groups excluding carboxylic acids is 2. The van der Waals surface area contributed by atoms with E-state index in [-0.39, 0.29) is 12.3 Å². The first kappa shape index (κ1) is 18.6. The molecule has 27 heavy (non-hydrogen) atoms. The number of nitrogens with zero attached hydrogens (tertiary/aromatic N) is 2. The number of rotatable bonds is 5. The van der Waals surface area contributed by atoms with Gasteiger partial charge in [-0.2, -0.15) is 0 Å². The SMILES string of the molecule is NC(=O)O[C@H](CC(=O)N1CCN(c2ccc(N)cc2)CC1)c1ccccc1. The summed E-state index contributed by atoms with van der Waals surface area (Å²) in [5.74, 6) is -0.0536. The van der Waals surface area contributed by atoms with Gasteiger partial charge in [0.2, 0.25) is 5.91 Å². The summed E-state index contributed by atoms with van der Waals surface area (Å²) in [6, 6.07) is 16.9. The normalized spacial score (nSPS) is 15.3. The minimum atomic E-state index is -0.884. The number of nitrogen functional groups attached to an aromatic ring is 1. The molecule has 7 heteroatoms. The number of nitrogens with two attached hydrogens (primary N) is 2. The molecule has 0 bridgehead atoms. The number of amides is 2. The molecule has 0 radical (unpaired) electrons. The molecule has 1 atom stereocenters. The number of primary amides is 1. The van der Waals surface area contributed by atoms with Crippen molar-refractivity contribution in [3.8, 4) is 0 Å².